The molecule has 7 heteroatoms. The first-order chi connectivity index (χ1) is 12.8. The highest BCUT2D eigenvalue weighted by Gasteiger charge is 2.13. The number of benzene rings is 2. The number of aryl methyl sites for hydroxylation is 2. The zero-order valence-corrected chi connectivity index (χ0v) is 16.7. The van der Waals surface area contributed by atoms with E-state index in [2.05, 4.69) is 10.6 Å². The Labute approximate surface area is 164 Å². The number of hydrogen-bond acceptors (Lipinski definition) is 4. The van der Waals surface area contributed by atoms with E-state index in [0.717, 1.165) is 11.3 Å². The standard InChI is InChI=1S/C20H24ClN3O3/c1-13-5-7-16(9-14(13)2)22-19(25)11-24(3)12-20(26)23-17-10-15(21)6-8-18(17)27-4/h5-10H,11-12H2,1-4H3,(H,22,25)(H,23,26). The van der Waals surface area contributed by atoms with Crippen LogP contribution in [-0.4, -0.2) is 44.0 Å². The van der Waals surface area contributed by atoms with Crippen molar-refractivity contribution in [2.45, 2.75) is 13.8 Å². The lowest BCUT2D eigenvalue weighted by Crippen LogP contribution is -2.36. The smallest absolute Gasteiger partial charge is 0.238 e. The Balaban J connectivity index is 1.88. The van der Waals surface area contributed by atoms with Crippen molar-refractivity contribution in [1.29, 1.82) is 0 Å². The molecule has 0 aliphatic heterocycles. The van der Waals surface area contributed by atoms with Crippen LogP contribution in [0, 0.1) is 13.8 Å². The number of rotatable bonds is 7. The van der Waals surface area contributed by atoms with Crippen LogP contribution >= 0.6 is 11.6 Å². The van der Waals surface area contributed by atoms with E-state index in [9.17, 15) is 9.59 Å². The molecule has 6 nitrogen and oxygen atoms in total. The predicted molar refractivity (Wildman–Crippen MR) is 109 cm³/mol. The average Bonchev–Trinajstić information content (AvgIpc) is 2.58. The molecule has 2 N–H and O–H groups in total. The Hall–Kier alpha value is -2.57. The molecule has 0 fully saturated rings. The van der Waals surface area contributed by atoms with E-state index in [0.29, 0.717) is 16.5 Å². The molecule has 0 aliphatic rings. The number of nitrogens with one attached hydrogen (secondary N) is 2. The minimum Gasteiger partial charge on any atom is -0.495 e. The summed E-state index contributed by atoms with van der Waals surface area (Å²) >= 11 is 5.96. The molecule has 0 saturated heterocycles. The second-order valence-corrected chi connectivity index (χ2v) is 6.85. The number of anilines is 2. The van der Waals surface area contributed by atoms with Gasteiger partial charge in [0.25, 0.3) is 0 Å². The normalized spacial score (nSPS) is 10.6. The highest BCUT2D eigenvalue weighted by Crippen LogP contribution is 2.27. The maximum atomic E-state index is 12.2. The third kappa shape index (κ3) is 6.27. The van der Waals surface area contributed by atoms with Crippen molar-refractivity contribution in [1.82, 2.24) is 4.90 Å². The van der Waals surface area contributed by atoms with E-state index in [1.807, 2.05) is 32.0 Å². The van der Waals surface area contributed by atoms with Crippen molar-refractivity contribution in [2.24, 2.45) is 0 Å². The summed E-state index contributed by atoms with van der Waals surface area (Å²) in [5, 5.41) is 6.08. The van der Waals surface area contributed by atoms with Gasteiger partial charge in [0.05, 0.1) is 25.9 Å². The SMILES string of the molecule is COc1ccc(Cl)cc1NC(=O)CN(C)CC(=O)Nc1ccc(C)c(C)c1. The third-order valence-corrected chi connectivity index (χ3v) is 4.29. The molecule has 2 aromatic carbocycles. The molecule has 144 valence electrons. The second kappa shape index (κ2) is 9.39. The van der Waals surface area contributed by atoms with Crippen molar-refractivity contribution < 1.29 is 14.3 Å². The molecule has 27 heavy (non-hydrogen) atoms. The summed E-state index contributed by atoms with van der Waals surface area (Å²) in [6.07, 6.45) is 0. The first-order valence-electron chi connectivity index (χ1n) is 8.47. The first kappa shape index (κ1) is 20.7. The third-order valence-electron chi connectivity index (χ3n) is 4.05. The lowest BCUT2D eigenvalue weighted by molar-refractivity contribution is -0.119. The largest absolute Gasteiger partial charge is 0.495 e. The number of methoxy groups -OCH3 is 1. The van der Waals surface area contributed by atoms with Gasteiger partial charge in [-0.3, -0.25) is 14.5 Å². The van der Waals surface area contributed by atoms with E-state index < -0.39 is 0 Å². The zero-order valence-electron chi connectivity index (χ0n) is 15.9. The average molecular weight is 390 g/mol. The quantitative estimate of drug-likeness (QED) is 0.760. The van der Waals surface area contributed by atoms with Gasteiger partial charge in [0.1, 0.15) is 5.75 Å². The number of halogens is 1. The summed E-state index contributed by atoms with van der Waals surface area (Å²) in [5.74, 6) is 0.0637. The van der Waals surface area contributed by atoms with Crippen LogP contribution in [0.4, 0.5) is 11.4 Å². The predicted octanol–water partition coefficient (Wildman–Crippen LogP) is 3.47. The van der Waals surface area contributed by atoms with Crippen LogP contribution in [0.5, 0.6) is 5.75 Å². The van der Waals surface area contributed by atoms with Crippen molar-refractivity contribution in [3.63, 3.8) is 0 Å². The van der Waals surface area contributed by atoms with Crippen LogP contribution in [0.25, 0.3) is 0 Å². The van der Waals surface area contributed by atoms with E-state index in [1.165, 1.54) is 12.7 Å². The summed E-state index contributed by atoms with van der Waals surface area (Å²) in [6.45, 7) is 4.15. The van der Waals surface area contributed by atoms with Crippen LogP contribution in [0.3, 0.4) is 0 Å². The summed E-state index contributed by atoms with van der Waals surface area (Å²) in [6, 6.07) is 10.7. The van der Waals surface area contributed by atoms with E-state index in [1.54, 1.807) is 30.1 Å². The van der Waals surface area contributed by atoms with Crippen LogP contribution in [-0.2, 0) is 9.59 Å². The van der Waals surface area contributed by atoms with Gasteiger partial charge < -0.3 is 15.4 Å². The molecule has 2 rings (SSSR count). The summed E-state index contributed by atoms with van der Waals surface area (Å²) < 4.78 is 5.20. The van der Waals surface area contributed by atoms with Crippen molar-refractivity contribution >= 4 is 34.8 Å². The van der Waals surface area contributed by atoms with Gasteiger partial charge in [-0.25, -0.2) is 0 Å². The van der Waals surface area contributed by atoms with Crippen molar-refractivity contribution in [3.05, 3.63) is 52.5 Å². The molecule has 0 heterocycles. The summed E-state index contributed by atoms with van der Waals surface area (Å²) in [5.41, 5.74) is 3.50. The number of amides is 2. The van der Waals surface area contributed by atoms with E-state index >= 15 is 0 Å². The molecule has 0 atom stereocenters. The molecule has 0 radical (unpaired) electrons. The van der Waals surface area contributed by atoms with Gasteiger partial charge in [-0.1, -0.05) is 17.7 Å². The van der Waals surface area contributed by atoms with E-state index in [4.69, 9.17) is 16.3 Å². The molecule has 2 aromatic rings. The number of likely N-dealkylation sites (N-methyl/N-ethyl adjacent to an activating group) is 1. The number of nitrogens with zero attached hydrogens (tertiary/aromatic N) is 1. The minimum absolute atomic E-state index is 0.0516. The Morgan fingerprint density at radius 1 is 1.00 bits per heavy atom. The molecule has 0 bridgehead atoms. The molecule has 0 spiro atoms. The fourth-order valence-electron chi connectivity index (χ4n) is 2.53. The Morgan fingerprint density at radius 2 is 1.67 bits per heavy atom. The van der Waals surface area contributed by atoms with Crippen LogP contribution in [0.15, 0.2) is 36.4 Å². The minimum atomic E-state index is -0.267. The number of ether oxygens (including phenoxy) is 1. The molecule has 0 saturated carbocycles. The molecule has 0 aliphatic carbocycles. The Kier molecular flexibility index (Phi) is 7.21. The lowest BCUT2D eigenvalue weighted by atomic mass is 10.1. The van der Waals surface area contributed by atoms with Crippen LogP contribution in [0.2, 0.25) is 5.02 Å². The lowest BCUT2D eigenvalue weighted by Gasteiger charge is -2.17. The van der Waals surface area contributed by atoms with Gasteiger partial charge in [-0.2, -0.15) is 0 Å². The topological polar surface area (TPSA) is 70.7 Å². The number of carbonyl (C=O) groups excluding carboxylic acids is 2. The van der Waals surface area contributed by atoms with Gasteiger partial charge in [0.15, 0.2) is 0 Å². The summed E-state index contributed by atoms with van der Waals surface area (Å²) in [7, 11) is 3.22. The molecular weight excluding hydrogens is 366 g/mol. The van der Waals surface area contributed by atoms with Gasteiger partial charge in [-0.15, -0.1) is 0 Å². The molecule has 2 amide bonds. The van der Waals surface area contributed by atoms with Crippen molar-refractivity contribution in [3.8, 4) is 5.75 Å². The Bertz CT molecular complexity index is 839. The van der Waals surface area contributed by atoms with Crippen LogP contribution < -0.4 is 15.4 Å². The van der Waals surface area contributed by atoms with E-state index in [-0.39, 0.29) is 24.9 Å². The number of hydrogen-bond donors (Lipinski definition) is 2. The van der Waals surface area contributed by atoms with Gasteiger partial charge in [0.2, 0.25) is 11.8 Å². The first-order valence-corrected chi connectivity index (χ1v) is 8.85. The van der Waals surface area contributed by atoms with Gasteiger partial charge in [-0.05, 0) is 62.4 Å². The highest BCUT2D eigenvalue weighted by molar-refractivity contribution is 6.31. The summed E-state index contributed by atoms with van der Waals surface area (Å²) in [4.78, 5) is 26.1. The molecule has 0 aromatic heterocycles. The zero-order chi connectivity index (χ0) is 20.0. The molecular formula is C20H24ClN3O3. The Morgan fingerprint density at radius 3 is 2.30 bits per heavy atom. The maximum absolute atomic E-state index is 12.2. The monoisotopic (exact) mass is 389 g/mol. The van der Waals surface area contributed by atoms with Gasteiger partial charge >= 0.3 is 0 Å². The van der Waals surface area contributed by atoms with Crippen molar-refractivity contribution in [2.75, 3.05) is 37.9 Å². The highest BCUT2D eigenvalue weighted by atomic mass is 35.5. The van der Waals surface area contributed by atoms with Gasteiger partial charge in [0, 0.05) is 10.7 Å². The van der Waals surface area contributed by atoms with Crippen LogP contribution in [0.1, 0.15) is 11.1 Å². The fraction of sp³-hybridized carbons (Fsp3) is 0.300. The molecule has 0 unspecified atom stereocenters. The fourth-order valence-corrected chi connectivity index (χ4v) is 2.71. The number of carbonyl (C=O) groups is 2. The second-order valence-electron chi connectivity index (χ2n) is 6.41. The maximum Gasteiger partial charge on any atom is 0.238 e.